The third kappa shape index (κ3) is 5.18. The van der Waals surface area contributed by atoms with E-state index in [1.165, 1.54) is 0 Å². The summed E-state index contributed by atoms with van der Waals surface area (Å²) in [4.78, 5) is 25.9. The second kappa shape index (κ2) is 8.47. The van der Waals surface area contributed by atoms with Gasteiger partial charge in [-0.25, -0.2) is 0 Å². The maximum atomic E-state index is 12.2. The average Bonchev–Trinajstić information content (AvgIpc) is 2.56. The van der Waals surface area contributed by atoms with E-state index in [4.69, 9.17) is 0 Å². The van der Waals surface area contributed by atoms with Gasteiger partial charge < -0.3 is 10.2 Å². The predicted octanol–water partition coefficient (Wildman–Crippen LogP) is 3.32. The first-order valence-electron chi connectivity index (χ1n) is 8.55. The van der Waals surface area contributed by atoms with Crippen molar-refractivity contribution in [3.63, 3.8) is 0 Å². The van der Waals surface area contributed by atoms with Crippen molar-refractivity contribution in [2.24, 2.45) is 0 Å². The number of nitrogens with one attached hydrogen (secondary N) is 1. The SMILES string of the molecule is CC(=O)N(CCNC(=O)Cc1ccccc1C)c1cc(C)ccc1C. The highest BCUT2D eigenvalue weighted by molar-refractivity contribution is 5.92. The van der Waals surface area contributed by atoms with Gasteiger partial charge in [-0.05, 0) is 49.1 Å². The molecule has 0 saturated heterocycles. The van der Waals surface area contributed by atoms with Crippen molar-refractivity contribution in [3.8, 4) is 0 Å². The highest BCUT2D eigenvalue weighted by Crippen LogP contribution is 2.21. The van der Waals surface area contributed by atoms with Gasteiger partial charge in [0.1, 0.15) is 0 Å². The summed E-state index contributed by atoms with van der Waals surface area (Å²) in [5, 5.41) is 2.91. The number of anilines is 1. The molecule has 0 atom stereocenters. The standard InChI is InChI=1S/C21H26N2O2/c1-15-9-10-17(3)20(13-15)23(18(4)24)12-11-22-21(25)14-19-8-6-5-7-16(19)2/h5-10,13H,11-12,14H2,1-4H3,(H,22,25). The smallest absolute Gasteiger partial charge is 0.224 e. The van der Waals surface area contributed by atoms with Crippen molar-refractivity contribution in [3.05, 3.63) is 64.7 Å². The van der Waals surface area contributed by atoms with Gasteiger partial charge in [-0.15, -0.1) is 0 Å². The molecule has 0 aliphatic heterocycles. The third-order valence-electron chi connectivity index (χ3n) is 4.31. The Labute approximate surface area is 149 Å². The number of benzene rings is 2. The lowest BCUT2D eigenvalue weighted by Gasteiger charge is -2.24. The summed E-state index contributed by atoms with van der Waals surface area (Å²) in [6.07, 6.45) is 0.357. The monoisotopic (exact) mass is 338 g/mol. The van der Waals surface area contributed by atoms with Crippen LogP contribution in [0.5, 0.6) is 0 Å². The first-order chi connectivity index (χ1) is 11.9. The van der Waals surface area contributed by atoms with Crippen LogP contribution in [-0.2, 0) is 16.0 Å². The summed E-state index contributed by atoms with van der Waals surface area (Å²) in [5.41, 5.74) is 5.19. The van der Waals surface area contributed by atoms with Crippen LogP contribution in [0.4, 0.5) is 5.69 Å². The minimum absolute atomic E-state index is 0.0261. The number of nitrogens with zero attached hydrogens (tertiary/aromatic N) is 1. The fourth-order valence-corrected chi connectivity index (χ4v) is 2.81. The van der Waals surface area contributed by atoms with Crippen LogP contribution in [0.25, 0.3) is 0 Å². The molecule has 0 saturated carbocycles. The molecule has 0 radical (unpaired) electrons. The first kappa shape index (κ1) is 18.7. The Morgan fingerprint density at radius 3 is 2.40 bits per heavy atom. The normalized spacial score (nSPS) is 10.4. The zero-order chi connectivity index (χ0) is 18.4. The first-order valence-corrected chi connectivity index (χ1v) is 8.55. The highest BCUT2D eigenvalue weighted by Gasteiger charge is 2.14. The number of rotatable bonds is 6. The lowest BCUT2D eigenvalue weighted by molar-refractivity contribution is -0.121. The molecule has 2 rings (SSSR count). The molecule has 0 fully saturated rings. The Morgan fingerprint density at radius 1 is 1.00 bits per heavy atom. The Morgan fingerprint density at radius 2 is 1.72 bits per heavy atom. The van der Waals surface area contributed by atoms with Crippen LogP contribution < -0.4 is 10.2 Å². The molecule has 0 heterocycles. The molecular weight excluding hydrogens is 312 g/mol. The van der Waals surface area contributed by atoms with E-state index < -0.39 is 0 Å². The zero-order valence-electron chi connectivity index (χ0n) is 15.4. The third-order valence-corrected chi connectivity index (χ3v) is 4.31. The second-order valence-corrected chi connectivity index (χ2v) is 6.41. The van der Waals surface area contributed by atoms with E-state index in [-0.39, 0.29) is 11.8 Å². The molecule has 25 heavy (non-hydrogen) atoms. The molecule has 0 aromatic heterocycles. The van der Waals surface area contributed by atoms with Gasteiger partial charge in [-0.1, -0.05) is 36.4 Å². The van der Waals surface area contributed by atoms with Crippen molar-refractivity contribution in [1.82, 2.24) is 5.32 Å². The van der Waals surface area contributed by atoms with Crippen molar-refractivity contribution in [1.29, 1.82) is 0 Å². The molecular formula is C21H26N2O2. The van der Waals surface area contributed by atoms with Crippen molar-refractivity contribution < 1.29 is 9.59 Å². The molecule has 2 amide bonds. The van der Waals surface area contributed by atoms with Gasteiger partial charge in [0.2, 0.25) is 11.8 Å². The summed E-state index contributed by atoms with van der Waals surface area (Å²) in [6.45, 7) is 8.43. The molecule has 0 aliphatic carbocycles. The van der Waals surface area contributed by atoms with Crippen molar-refractivity contribution >= 4 is 17.5 Å². The minimum atomic E-state index is -0.0289. The molecule has 2 aromatic carbocycles. The van der Waals surface area contributed by atoms with Gasteiger partial charge in [0.05, 0.1) is 6.42 Å². The largest absolute Gasteiger partial charge is 0.354 e. The van der Waals surface area contributed by atoms with Gasteiger partial charge in [0, 0.05) is 25.7 Å². The Balaban J connectivity index is 1.96. The summed E-state index contributed by atoms with van der Waals surface area (Å²) in [7, 11) is 0. The summed E-state index contributed by atoms with van der Waals surface area (Å²) >= 11 is 0. The van der Waals surface area contributed by atoms with E-state index in [2.05, 4.69) is 5.32 Å². The quantitative estimate of drug-likeness (QED) is 0.878. The number of carbonyl (C=O) groups is 2. The van der Waals surface area contributed by atoms with Gasteiger partial charge in [-0.3, -0.25) is 9.59 Å². The van der Waals surface area contributed by atoms with Crippen molar-refractivity contribution in [2.75, 3.05) is 18.0 Å². The highest BCUT2D eigenvalue weighted by atomic mass is 16.2. The second-order valence-electron chi connectivity index (χ2n) is 6.41. The molecule has 0 unspecified atom stereocenters. The van der Waals surface area contributed by atoms with E-state index in [0.29, 0.717) is 19.5 Å². The number of carbonyl (C=O) groups excluding carboxylic acids is 2. The van der Waals surface area contributed by atoms with Crippen LogP contribution in [0.2, 0.25) is 0 Å². The molecule has 2 aromatic rings. The molecule has 4 heteroatoms. The zero-order valence-corrected chi connectivity index (χ0v) is 15.4. The fourth-order valence-electron chi connectivity index (χ4n) is 2.81. The number of amides is 2. The Bertz CT molecular complexity index is 768. The summed E-state index contributed by atoms with van der Waals surface area (Å²) in [5.74, 6) is -0.0550. The van der Waals surface area contributed by atoms with Crippen LogP contribution in [0.3, 0.4) is 0 Å². The Kier molecular flexibility index (Phi) is 6.34. The lowest BCUT2D eigenvalue weighted by Crippen LogP contribution is -2.38. The van der Waals surface area contributed by atoms with Crippen LogP contribution in [0, 0.1) is 20.8 Å². The van der Waals surface area contributed by atoms with E-state index >= 15 is 0 Å². The molecule has 132 valence electrons. The molecule has 0 bridgehead atoms. The van der Waals surface area contributed by atoms with Gasteiger partial charge >= 0.3 is 0 Å². The van der Waals surface area contributed by atoms with Crippen molar-refractivity contribution in [2.45, 2.75) is 34.1 Å². The van der Waals surface area contributed by atoms with E-state index in [9.17, 15) is 9.59 Å². The van der Waals surface area contributed by atoms with Gasteiger partial charge in [0.25, 0.3) is 0 Å². The van der Waals surface area contributed by atoms with Crippen LogP contribution >= 0.6 is 0 Å². The van der Waals surface area contributed by atoms with Gasteiger partial charge in [-0.2, -0.15) is 0 Å². The molecule has 1 N–H and O–H groups in total. The van der Waals surface area contributed by atoms with E-state index in [1.54, 1.807) is 11.8 Å². The summed E-state index contributed by atoms with van der Waals surface area (Å²) in [6, 6.07) is 13.9. The Hall–Kier alpha value is -2.62. The lowest BCUT2D eigenvalue weighted by atomic mass is 10.1. The molecule has 0 spiro atoms. The van der Waals surface area contributed by atoms with Crippen LogP contribution in [-0.4, -0.2) is 24.9 Å². The topological polar surface area (TPSA) is 49.4 Å². The maximum Gasteiger partial charge on any atom is 0.224 e. The van der Waals surface area contributed by atoms with E-state index in [1.807, 2.05) is 63.2 Å². The number of aryl methyl sites for hydroxylation is 3. The van der Waals surface area contributed by atoms with Crippen LogP contribution in [0.1, 0.15) is 29.2 Å². The predicted molar refractivity (Wildman–Crippen MR) is 102 cm³/mol. The summed E-state index contributed by atoms with van der Waals surface area (Å²) < 4.78 is 0. The minimum Gasteiger partial charge on any atom is -0.354 e. The number of hydrogen-bond acceptors (Lipinski definition) is 2. The van der Waals surface area contributed by atoms with Gasteiger partial charge in [0.15, 0.2) is 0 Å². The van der Waals surface area contributed by atoms with E-state index in [0.717, 1.165) is 27.9 Å². The fraction of sp³-hybridized carbons (Fsp3) is 0.333. The average molecular weight is 338 g/mol. The molecule has 0 aliphatic rings. The van der Waals surface area contributed by atoms with Crippen LogP contribution in [0.15, 0.2) is 42.5 Å². The number of hydrogen-bond donors (Lipinski definition) is 1. The maximum absolute atomic E-state index is 12.2. The molecule has 4 nitrogen and oxygen atoms in total.